The summed E-state index contributed by atoms with van der Waals surface area (Å²) in [5, 5.41) is 2.60. The molecule has 0 atom stereocenters. The van der Waals surface area contributed by atoms with Crippen LogP contribution in [0.2, 0.25) is 0 Å². The van der Waals surface area contributed by atoms with Crippen molar-refractivity contribution in [1.29, 1.82) is 0 Å². The first-order chi connectivity index (χ1) is 19.1. The van der Waals surface area contributed by atoms with Gasteiger partial charge >= 0.3 is 0 Å². The van der Waals surface area contributed by atoms with Gasteiger partial charge in [-0.2, -0.15) is 4.31 Å². The number of nitrogens with zero attached hydrogens (tertiary/aromatic N) is 2. The highest BCUT2D eigenvalue weighted by Gasteiger charge is 2.30. The van der Waals surface area contributed by atoms with E-state index in [1.807, 2.05) is 30.3 Å². The molecule has 40 heavy (non-hydrogen) atoms. The number of hydrogen-bond acceptors (Lipinski definition) is 8. The lowest BCUT2D eigenvalue weighted by atomic mass is 10.2. The Hall–Kier alpha value is -3.65. The van der Waals surface area contributed by atoms with Crippen LogP contribution in [0, 0.1) is 0 Å². The Morgan fingerprint density at radius 2 is 1.65 bits per heavy atom. The van der Waals surface area contributed by atoms with Crippen LogP contribution >= 0.6 is 0 Å². The maximum Gasteiger partial charge on any atom is 0.246 e. The lowest BCUT2D eigenvalue weighted by Crippen LogP contribution is -2.40. The van der Waals surface area contributed by atoms with Gasteiger partial charge in [0.15, 0.2) is 0 Å². The number of anilines is 2. The number of carbonyl (C=O) groups excluding carboxylic acids is 1. The third kappa shape index (κ3) is 7.30. The normalized spacial score (nSPS) is 14.3. The number of nitrogens with one attached hydrogen (secondary N) is 1. The van der Waals surface area contributed by atoms with E-state index in [0.29, 0.717) is 12.4 Å². The van der Waals surface area contributed by atoms with Crippen molar-refractivity contribution in [2.75, 3.05) is 55.8 Å². The molecule has 0 unspecified atom stereocenters. The van der Waals surface area contributed by atoms with Crippen LogP contribution in [-0.4, -0.2) is 73.3 Å². The summed E-state index contributed by atoms with van der Waals surface area (Å²) in [6.07, 6.45) is 1.00. The molecule has 0 bridgehead atoms. The molecule has 3 aromatic carbocycles. The van der Waals surface area contributed by atoms with Crippen molar-refractivity contribution >= 4 is 37.3 Å². The number of hydrogen-bond donors (Lipinski definition) is 1. The average molecular weight is 590 g/mol. The highest BCUT2D eigenvalue weighted by atomic mass is 32.2. The van der Waals surface area contributed by atoms with E-state index in [4.69, 9.17) is 14.2 Å². The van der Waals surface area contributed by atoms with Gasteiger partial charge in [-0.05, 0) is 48.0 Å². The zero-order valence-corrected chi connectivity index (χ0v) is 23.8. The summed E-state index contributed by atoms with van der Waals surface area (Å²) >= 11 is 0. The van der Waals surface area contributed by atoms with Gasteiger partial charge in [-0.25, -0.2) is 16.8 Å². The van der Waals surface area contributed by atoms with Crippen molar-refractivity contribution in [3.63, 3.8) is 0 Å². The van der Waals surface area contributed by atoms with Crippen LogP contribution in [0.4, 0.5) is 11.4 Å². The monoisotopic (exact) mass is 589 g/mol. The number of methoxy groups -OCH3 is 1. The standard InChI is InChI=1S/C27H31N3O8S2/c1-36-25-13-8-22(18-26(25)40(34,35)29-14-16-37-17-15-29)28-27(31)19-30(39(2,32)33)23-9-11-24(12-10-23)38-20-21-6-4-3-5-7-21/h3-13,18H,14-17,19-20H2,1-2H3,(H,28,31). The number of morpholine rings is 1. The van der Waals surface area contributed by atoms with Gasteiger partial charge in [0.1, 0.15) is 29.5 Å². The average Bonchev–Trinajstić information content (AvgIpc) is 2.95. The van der Waals surface area contributed by atoms with E-state index in [-0.39, 0.29) is 48.3 Å². The molecule has 0 aromatic heterocycles. The first kappa shape index (κ1) is 29.3. The summed E-state index contributed by atoms with van der Waals surface area (Å²) < 4.78 is 70.1. The second kappa shape index (κ2) is 12.7. The number of carbonyl (C=O) groups is 1. The topological polar surface area (TPSA) is 132 Å². The summed E-state index contributed by atoms with van der Waals surface area (Å²) in [4.78, 5) is 12.8. The molecule has 4 rings (SSSR count). The fourth-order valence-corrected chi connectivity index (χ4v) is 6.51. The predicted molar refractivity (Wildman–Crippen MR) is 151 cm³/mol. The summed E-state index contributed by atoms with van der Waals surface area (Å²) in [5.41, 5.74) is 1.44. The molecule has 13 heteroatoms. The largest absolute Gasteiger partial charge is 0.495 e. The maximum absolute atomic E-state index is 13.2. The molecule has 1 saturated heterocycles. The fraction of sp³-hybridized carbons (Fsp3) is 0.296. The van der Waals surface area contributed by atoms with Gasteiger partial charge in [-0.15, -0.1) is 0 Å². The molecule has 3 aromatic rings. The third-order valence-corrected chi connectivity index (χ3v) is 9.16. The molecule has 1 heterocycles. The fourth-order valence-electron chi connectivity index (χ4n) is 4.06. The Balaban J connectivity index is 1.47. The first-order valence-electron chi connectivity index (χ1n) is 12.4. The van der Waals surface area contributed by atoms with Gasteiger partial charge in [-0.3, -0.25) is 9.10 Å². The predicted octanol–water partition coefficient (Wildman–Crippen LogP) is 2.70. The molecule has 1 N–H and O–H groups in total. The minimum Gasteiger partial charge on any atom is -0.495 e. The van der Waals surface area contributed by atoms with Crippen molar-refractivity contribution in [3.05, 3.63) is 78.4 Å². The zero-order valence-electron chi connectivity index (χ0n) is 22.1. The van der Waals surface area contributed by atoms with E-state index < -0.39 is 32.5 Å². The van der Waals surface area contributed by atoms with E-state index in [2.05, 4.69) is 5.32 Å². The van der Waals surface area contributed by atoms with E-state index in [1.54, 1.807) is 24.3 Å². The van der Waals surface area contributed by atoms with Gasteiger partial charge in [0.05, 0.1) is 32.3 Å². The molecule has 11 nitrogen and oxygen atoms in total. The first-order valence-corrected chi connectivity index (χ1v) is 15.7. The van der Waals surface area contributed by atoms with Gasteiger partial charge in [0, 0.05) is 18.8 Å². The molecule has 1 aliphatic rings. The molecule has 0 spiro atoms. The maximum atomic E-state index is 13.2. The summed E-state index contributed by atoms with van der Waals surface area (Å²) in [5.74, 6) is 0.00397. The van der Waals surface area contributed by atoms with Crippen LogP contribution in [0.3, 0.4) is 0 Å². The molecular formula is C27H31N3O8S2. The van der Waals surface area contributed by atoms with Gasteiger partial charge in [-0.1, -0.05) is 30.3 Å². The van der Waals surface area contributed by atoms with Crippen molar-refractivity contribution in [3.8, 4) is 11.5 Å². The van der Waals surface area contributed by atoms with Crippen LogP contribution in [0.1, 0.15) is 5.56 Å². The third-order valence-electron chi connectivity index (χ3n) is 6.10. The Bertz CT molecular complexity index is 1520. The lowest BCUT2D eigenvalue weighted by molar-refractivity contribution is -0.114. The molecule has 1 fully saturated rings. The van der Waals surface area contributed by atoms with E-state index >= 15 is 0 Å². The zero-order chi connectivity index (χ0) is 28.8. The molecule has 0 radical (unpaired) electrons. The number of sulfonamides is 2. The van der Waals surface area contributed by atoms with Gasteiger partial charge < -0.3 is 19.5 Å². The Kier molecular flexibility index (Phi) is 9.30. The van der Waals surface area contributed by atoms with Crippen LogP contribution in [0.5, 0.6) is 11.5 Å². The van der Waals surface area contributed by atoms with Crippen molar-refractivity contribution in [2.45, 2.75) is 11.5 Å². The van der Waals surface area contributed by atoms with Crippen LogP contribution in [0.15, 0.2) is 77.7 Å². The molecule has 1 amide bonds. The van der Waals surface area contributed by atoms with E-state index in [1.165, 1.54) is 29.6 Å². The molecule has 214 valence electrons. The van der Waals surface area contributed by atoms with Crippen LogP contribution < -0.4 is 19.1 Å². The van der Waals surface area contributed by atoms with E-state index in [0.717, 1.165) is 16.1 Å². The summed E-state index contributed by atoms with van der Waals surface area (Å²) in [6.45, 7) is 0.770. The highest BCUT2D eigenvalue weighted by Crippen LogP contribution is 2.30. The van der Waals surface area contributed by atoms with Gasteiger partial charge in [0.25, 0.3) is 0 Å². The number of ether oxygens (including phenoxy) is 3. The van der Waals surface area contributed by atoms with Crippen molar-refractivity contribution < 1.29 is 35.8 Å². The minimum atomic E-state index is -3.92. The number of benzene rings is 3. The second-order valence-electron chi connectivity index (χ2n) is 8.97. The highest BCUT2D eigenvalue weighted by molar-refractivity contribution is 7.92. The SMILES string of the molecule is COc1ccc(NC(=O)CN(c2ccc(OCc3ccccc3)cc2)S(C)(=O)=O)cc1S(=O)(=O)N1CCOCC1. The number of amides is 1. The smallest absolute Gasteiger partial charge is 0.246 e. The second-order valence-corrected chi connectivity index (χ2v) is 12.8. The van der Waals surface area contributed by atoms with E-state index in [9.17, 15) is 21.6 Å². The lowest BCUT2D eigenvalue weighted by Gasteiger charge is -2.27. The summed E-state index contributed by atoms with van der Waals surface area (Å²) in [6, 6.07) is 20.2. The molecular weight excluding hydrogens is 558 g/mol. The molecule has 0 aliphatic carbocycles. The number of rotatable bonds is 11. The minimum absolute atomic E-state index is 0.110. The Labute approximate surface area is 234 Å². The van der Waals surface area contributed by atoms with Crippen molar-refractivity contribution in [1.82, 2.24) is 4.31 Å². The Morgan fingerprint density at radius 3 is 2.27 bits per heavy atom. The van der Waals surface area contributed by atoms with Crippen LogP contribution in [-0.2, 0) is 36.2 Å². The van der Waals surface area contributed by atoms with Crippen LogP contribution in [0.25, 0.3) is 0 Å². The quantitative estimate of drug-likeness (QED) is 0.361. The molecule has 0 saturated carbocycles. The summed E-state index contributed by atoms with van der Waals surface area (Å²) in [7, 11) is -6.40. The van der Waals surface area contributed by atoms with Crippen molar-refractivity contribution in [2.24, 2.45) is 0 Å². The molecule has 1 aliphatic heterocycles. The van der Waals surface area contributed by atoms with Gasteiger partial charge in [0.2, 0.25) is 26.0 Å². The Morgan fingerprint density at radius 1 is 0.975 bits per heavy atom.